The number of rotatable bonds is 15. The highest BCUT2D eigenvalue weighted by atomic mass is 16.5. The van der Waals surface area contributed by atoms with Crippen molar-refractivity contribution >= 4 is 35.6 Å². The Bertz CT molecular complexity index is 1240. The summed E-state index contributed by atoms with van der Waals surface area (Å²) in [6, 6.07) is 15.7. The van der Waals surface area contributed by atoms with Gasteiger partial charge in [0, 0.05) is 0 Å². The monoisotopic (exact) mass is 626 g/mol. The zero-order chi connectivity index (χ0) is 33.8. The van der Waals surface area contributed by atoms with E-state index in [1.807, 2.05) is 67.6 Å². The number of amides is 4. The molecule has 0 unspecified atom stereocenters. The van der Waals surface area contributed by atoms with E-state index in [1.54, 1.807) is 20.8 Å². The molecule has 0 fully saturated rings. The molecule has 0 bridgehead atoms. The van der Waals surface area contributed by atoms with Crippen LogP contribution in [-0.4, -0.2) is 74.0 Å². The first-order chi connectivity index (χ1) is 21.4. The van der Waals surface area contributed by atoms with Crippen molar-refractivity contribution in [2.24, 2.45) is 0 Å². The van der Waals surface area contributed by atoms with E-state index in [0.29, 0.717) is 12.8 Å². The van der Waals surface area contributed by atoms with Gasteiger partial charge in [0.15, 0.2) is 0 Å². The molecule has 0 aliphatic rings. The fourth-order valence-electron chi connectivity index (χ4n) is 4.02. The highest BCUT2D eigenvalue weighted by molar-refractivity contribution is 5.91. The minimum atomic E-state index is -0.727. The molecule has 0 saturated carbocycles. The second-order valence-corrected chi connectivity index (χ2v) is 10.3. The second-order valence-electron chi connectivity index (χ2n) is 10.3. The molecular weight excluding hydrogens is 580 g/mol. The average Bonchev–Trinajstić information content (AvgIpc) is 3.03. The van der Waals surface area contributed by atoms with E-state index >= 15 is 0 Å². The van der Waals surface area contributed by atoms with Crippen molar-refractivity contribution in [2.45, 2.75) is 84.0 Å². The van der Waals surface area contributed by atoms with Crippen LogP contribution >= 0.6 is 0 Å². The Morgan fingerprint density at radius 3 is 1.33 bits per heavy atom. The second kappa shape index (κ2) is 21.0. The molecule has 0 spiro atoms. The topological polar surface area (TPSA) is 169 Å². The lowest BCUT2D eigenvalue weighted by Crippen LogP contribution is -2.50. The number of carbonyl (C=O) groups excluding carboxylic acids is 6. The summed E-state index contributed by atoms with van der Waals surface area (Å²) < 4.78 is 9.27. The van der Waals surface area contributed by atoms with Crippen molar-refractivity contribution in [2.75, 3.05) is 14.2 Å². The molecule has 12 heteroatoms. The predicted molar refractivity (Wildman–Crippen MR) is 169 cm³/mol. The maximum Gasteiger partial charge on any atom is 0.328 e. The molecule has 2 rings (SSSR count). The molecule has 4 amide bonds. The van der Waals surface area contributed by atoms with Gasteiger partial charge in [-0.1, -0.05) is 80.9 Å². The Morgan fingerprint density at radius 2 is 0.978 bits per heavy atom. The Hall–Kier alpha value is -4.74. The van der Waals surface area contributed by atoms with Crippen LogP contribution in [0.15, 0.2) is 60.7 Å². The van der Waals surface area contributed by atoms with Gasteiger partial charge < -0.3 is 30.7 Å². The van der Waals surface area contributed by atoms with Gasteiger partial charge in [-0.2, -0.15) is 0 Å². The molecule has 0 aliphatic heterocycles. The lowest BCUT2D eigenvalue weighted by molar-refractivity contribution is -0.145. The third-order valence-electron chi connectivity index (χ3n) is 6.55. The Kier molecular flexibility index (Phi) is 17.9. The number of nitrogens with one attached hydrogen (secondary N) is 4. The van der Waals surface area contributed by atoms with Crippen LogP contribution in [0, 0.1) is 0 Å². The quantitative estimate of drug-likeness (QED) is 0.218. The van der Waals surface area contributed by atoms with Crippen LogP contribution in [0.4, 0.5) is 0 Å². The minimum absolute atomic E-state index is 0.201. The van der Waals surface area contributed by atoms with Crippen molar-refractivity contribution in [1.82, 2.24) is 21.3 Å². The number of methoxy groups -OCH3 is 2. The van der Waals surface area contributed by atoms with Gasteiger partial charge in [0.05, 0.1) is 27.1 Å². The smallest absolute Gasteiger partial charge is 0.328 e. The van der Waals surface area contributed by atoms with Crippen molar-refractivity contribution in [1.29, 1.82) is 0 Å². The van der Waals surface area contributed by atoms with Gasteiger partial charge in [-0.15, -0.1) is 0 Å². The van der Waals surface area contributed by atoms with E-state index < -0.39 is 47.9 Å². The molecule has 12 nitrogen and oxygen atoms in total. The number of carbonyl (C=O) groups is 6. The number of hydrogen-bond donors (Lipinski definition) is 4. The van der Waals surface area contributed by atoms with Crippen molar-refractivity contribution in [3.8, 4) is 0 Å². The van der Waals surface area contributed by atoms with Crippen molar-refractivity contribution in [3.63, 3.8) is 0 Å². The van der Waals surface area contributed by atoms with Gasteiger partial charge >= 0.3 is 11.9 Å². The van der Waals surface area contributed by atoms with E-state index in [4.69, 9.17) is 0 Å². The molecule has 2 aromatic carbocycles. The molecule has 0 aromatic heterocycles. The van der Waals surface area contributed by atoms with Crippen LogP contribution in [0.5, 0.6) is 0 Å². The van der Waals surface area contributed by atoms with Crippen LogP contribution < -0.4 is 21.3 Å². The first-order valence-electron chi connectivity index (χ1n) is 14.9. The van der Waals surface area contributed by atoms with E-state index in [1.165, 1.54) is 14.2 Å². The summed E-state index contributed by atoms with van der Waals surface area (Å²) in [6.07, 6.45) is 2.04. The maximum absolute atomic E-state index is 12.1. The van der Waals surface area contributed by atoms with E-state index in [9.17, 15) is 28.8 Å². The summed E-state index contributed by atoms with van der Waals surface area (Å²) in [5.41, 5.74) is 1.74. The standard InChI is InChI=1S/C17H24N2O4.C16H22N2O4/c1-4-8-14(17(22)23-3)19-16(21)12(2)18-15(20)11-13-9-6-5-7-10-13;1-4-13(16(21)22-3)18-15(20)11(2)17-14(19)10-12-8-6-5-7-9-12/h5-7,9-10,12,14H,4,8,11H2,1-3H3,(H,18,20)(H,19,21);5-9,11,13H,4,10H2,1-3H3,(H,17,19)(H,18,20)/t12-,14-;11-,13-/m00/s1. The first kappa shape index (κ1) is 38.3. The fourth-order valence-corrected chi connectivity index (χ4v) is 4.02. The van der Waals surface area contributed by atoms with Gasteiger partial charge in [-0.05, 0) is 37.8 Å². The van der Waals surface area contributed by atoms with Gasteiger partial charge in [0.2, 0.25) is 23.6 Å². The lowest BCUT2D eigenvalue weighted by atomic mass is 10.1. The van der Waals surface area contributed by atoms with Crippen LogP contribution in [0.3, 0.4) is 0 Å². The summed E-state index contributed by atoms with van der Waals surface area (Å²) in [7, 11) is 2.55. The third kappa shape index (κ3) is 15.0. The summed E-state index contributed by atoms with van der Waals surface area (Å²) in [6.45, 7) is 6.83. The van der Waals surface area contributed by atoms with Crippen molar-refractivity contribution < 1.29 is 38.2 Å². The Balaban J connectivity index is 0.000000450. The Morgan fingerprint density at radius 1 is 0.600 bits per heavy atom. The average molecular weight is 627 g/mol. The number of hydrogen-bond acceptors (Lipinski definition) is 8. The van der Waals surface area contributed by atoms with Crippen LogP contribution in [0.2, 0.25) is 0 Å². The van der Waals surface area contributed by atoms with Crippen LogP contribution in [0.1, 0.15) is 58.1 Å². The van der Waals surface area contributed by atoms with E-state index in [-0.39, 0.29) is 24.7 Å². The molecule has 0 radical (unpaired) electrons. The first-order valence-corrected chi connectivity index (χ1v) is 14.9. The summed E-state index contributed by atoms with van der Waals surface area (Å²) >= 11 is 0. The van der Waals surface area contributed by atoms with Crippen LogP contribution in [0.25, 0.3) is 0 Å². The fraction of sp³-hybridized carbons (Fsp3) is 0.455. The Labute approximate surface area is 265 Å². The van der Waals surface area contributed by atoms with Crippen molar-refractivity contribution in [3.05, 3.63) is 71.8 Å². The highest BCUT2D eigenvalue weighted by Crippen LogP contribution is 2.03. The summed E-state index contributed by atoms with van der Waals surface area (Å²) in [5, 5.41) is 10.4. The minimum Gasteiger partial charge on any atom is -0.467 e. The lowest BCUT2D eigenvalue weighted by Gasteiger charge is -2.19. The largest absolute Gasteiger partial charge is 0.467 e. The zero-order valence-corrected chi connectivity index (χ0v) is 26.9. The number of benzene rings is 2. The summed E-state index contributed by atoms with van der Waals surface area (Å²) in [4.78, 5) is 71.0. The maximum atomic E-state index is 12.1. The molecule has 0 saturated heterocycles. The molecular formula is C33H46N4O8. The SMILES string of the molecule is CCC[C@H](NC(=O)[C@H](C)NC(=O)Cc1ccccc1)C(=O)OC.CC[C@H](NC(=O)[C@H](C)NC(=O)Cc1ccccc1)C(=O)OC. The molecule has 2 aromatic rings. The normalized spacial score (nSPS) is 12.8. The van der Waals surface area contributed by atoms with Gasteiger partial charge in [-0.25, -0.2) is 9.59 Å². The van der Waals surface area contributed by atoms with Crippen LogP contribution in [-0.2, 0) is 51.1 Å². The number of esters is 2. The molecule has 0 heterocycles. The third-order valence-corrected chi connectivity index (χ3v) is 6.55. The molecule has 4 N–H and O–H groups in total. The molecule has 0 aliphatic carbocycles. The zero-order valence-electron chi connectivity index (χ0n) is 26.9. The predicted octanol–water partition coefficient (Wildman–Crippen LogP) is 1.99. The van der Waals surface area contributed by atoms with Gasteiger partial charge in [0.25, 0.3) is 0 Å². The molecule has 246 valence electrons. The number of ether oxygens (including phenoxy) is 2. The van der Waals surface area contributed by atoms with Gasteiger partial charge in [-0.3, -0.25) is 19.2 Å². The van der Waals surface area contributed by atoms with Gasteiger partial charge in [0.1, 0.15) is 24.2 Å². The molecule has 4 atom stereocenters. The molecule has 45 heavy (non-hydrogen) atoms. The van der Waals surface area contributed by atoms with E-state index in [0.717, 1.165) is 17.5 Å². The summed E-state index contributed by atoms with van der Waals surface area (Å²) in [5.74, 6) is -2.31. The highest BCUT2D eigenvalue weighted by Gasteiger charge is 2.25. The van der Waals surface area contributed by atoms with E-state index in [2.05, 4.69) is 30.7 Å².